The molecule has 0 amide bonds. The maximum absolute atomic E-state index is 11.4. The minimum absolute atomic E-state index is 0.0383. The Labute approximate surface area is 109 Å². The second-order valence-corrected chi connectivity index (χ2v) is 5.40. The van der Waals surface area contributed by atoms with E-state index in [9.17, 15) is 4.79 Å². The molecule has 2 atom stereocenters. The molecule has 1 heterocycles. The monoisotopic (exact) mass is 246 g/mol. The third-order valence-corrected chi connectivity index (χ3v) is 4.08. The molecule has 0 aromatic heterocycles. The highest BCUT2D eigenvalue weighted by Gasteiger charge is 2.41. The Bertz CT molecular complexity index is 399. The van der Waals surface area contributed by atoms with Gasteiger partial charge >= 0.3 is 5.97 Å². The van der Waals surface area contributed by atoms with Gasteiger partial charge in [0.1, 0.15) is 6.10 Å². The van der Waals surface area contributed by atoms with E-state index in [1.807, 2.05) is 6.07 Å². The van der Waals surface area contributed by atoms with Gasteiger partial charge in [-0.1, -0.05) is 57.0 Å². The predicted molar refractivity (Wildman–Crippen MR) is 72.4 cm³/mol. The fourth-order valence-corrected chi connectivity index (χ4v) is 2.83. The summed E-state index contributed by atoms with van der Waals surface area (Å²) in [6, 6.07) is 10.5. The molecule has 2 unspecified atom stereocenters. The summed E-state index contributed by atoms with van der Waals surface area (Å²) in [5.41, 5.74) is 1.25. The molecule has 0 radical (unpaired) electrons. The summed E-state index contributed by atoms with van der Waals surface area (Å²) in [4.78, 5) is 11.4. The summed E-state index contributed by atoms with van der Waals surface area (Å²) < 4.78 is 5.54. The lowest BCUT2D eigenvalue weighted by Crippen LogP contribution is -2.36. The third-order valence-electron chi connectivity index (χ3n) is 4.08. The van der Waals surface area contributed by atoms with Gasteiger partial charge in [0.25, 0.3) is 0 Å². The first kappa shape index (κ1) is 13.1. The van der Waals surface area contributed by atoms with Crippen LogP contribution >= 0.6 is 0 Å². The Hall–Kier alpha value is -1.31. The van der Waals surface area contributed by atoms with Gasteiger partial charge in [-0.3, -0.25) is 4.79 Å². The molecule has 1 aliphatic rings. The summed E-state index contributed by atoms with van der Waals surface area (Å²) in [7, 11) is 0. The normalized spacial score (nSPS) is 22.6. The van der Waals surface area contributed by atoms with Gasteiger partial charge in [0.15, 0.2) is 0 Å². The largest absolute Gasteiger partial charge is 0.461 e. The lowest BCUT2D eigenvalue weighted by molar-refractivity contribution is -0.143. The Morgan fingerprint density at radius 3 is 2.61 bits per heavy atom. The van der Waals surface area contributed by atoms with Crippen LogP contribution in [0.5, 0.6) is 0 Å². The van der Waals surface area contributed by atoms with Crippen LogP contribution in [0.25, 0.3) is 0 Å². The van der Waals surface area contributed by atoms with Gasteiger partial charge in [-0.05, 0) is 18.4 Å². The summed E-state index contributed by atoms with van der Waals surface area (Å²) >= 11 is 0. The number of carbonyl (C=O) groups excluding carboxylic acids is 1. The average Bonchev–Trinajstić information content (AvgIpc) is 2.84. The van der Waals surface area contributed by atoms with Crippen molar-refractivity contribution in [2.45, 2.75) is 57.5 Å². The van der Waals surface area contributed by atoms with Gasteiger partial charge in [-0.2, -0.15) is 0 Å². The molecule has 1 saturated heterocycles. The van der Waals surface area contributed by atoms with Crippen LogP contribution in [0.2, 0.25) is 0 Å². The molecule has 1 aromatic rings. The summed E-state index contributed by atoms with van der Waals surface area (Å²) in [5, 5.41) is 0. The molecule has 18 heavy (non-hydrogen) atoms. The van der Waals surface area contributed by atoms with Crippen LogP contribution in [0.3, 0.4) is 0 Å². The number of cyclic esters (lactones) is 1. The molecule has 1 fully saturated rings. The first-order chi connectivity index (χ1) is 8.66. The molecule has 2 rings (SSSR count). The van der Waals surface area contributed by atoms with E-state index in [2.05, 4.69) is 38.1 Å². The fourth-order valence-electron chi connectivity index (χ4n) is 2.83. The Morgan fingerprint density at radius 2 is 2.06 bits per heavy atom. The average molecular weight is 246 g/mol. The molecular weight excluding hydrogens is 224 g/mol. The van der Waals surface area contributed by atoms with E-state index < -0.39 is 0 Å². The van der Waals surface area contributed by atoms with Crippen molar-refractivity contribution >= 4 is 5.97 Å². The lowest BCUT2D eigenvalue weighted by atomic mass is 9.73. The predicted octanol–water partition coefficient (Wildman–Crippen LogP) is 3.84. The zero-order valence-electron chi connectivity index (χ0n) is 11.3. The highest BCUT2D eigenvalue weighted by atomic mass is 16.5. The molecule has 1 aliphatic heterocycles. The zero-order chi connectivity index (χ0) is 13.0. The molecular formula is C16H22O2. The lowest BCUT2D eigenvalue weighted by Gasteiger charge is -2.35. The number of carbonyl (C=O) groups is 1. The van der Waals surface area contributed by atoms with Crippen molar-refractivity contribution in [3.63, 3.8) is 0 Å². The number of hydrogen-bond acceptors (Lipinski definition) is 2. The quantitative estimate of drug-likeness (QED) is 0.738. The Kier molecular flexibility index (Phi) is 4.05. The van der Waals surface area contributed by atoms with Crippen LogP contribution in [-0.4, -0.2) is 12.1 Å². The van der Waals surface area contributed by atoms with E-state index in [0.717, 1.165) is 12.8 Å². The van der Waals surface area contributed by atoms with Gasteiger partial charge in [0.05, 0.1) is 0 Å². The second-order valence-electron chi connectivity index (χ2n) is 5.40. The van der Waals surface area contributed by atoms with Crippen LogP contribution in [0.15, 0.2) is 30.3 Å². The van der Waals surface area contributed by atoms with Crippen molar-refractivity contribution in [2.75, 3.05) is 0 Å². The van der Waals surface area contributed by atoms with Gasteiger partial charge in [0, 0.05) is 11.8 Å². The van der Waals surface area contributed by atoms with E-state index in [1.165, 1.54) is 18.4 Å². The van der Waals surface area contributed by atoms with Crippen LogP contribution in [0.4, 0.5) is 0 Å². The standard InChI is InChI=1S/C16H22O2/c1-3-4-12-16(2,13-8-6-5-7-9-13)14-10-11-15(17)18-14/h5-9,14H,3-4,10-12H2,1-2H3. The van der Waals surface area contributed by atoms with Crippen molar-refractivity contribution in [1.82, 2.24) is 0 Å². The minimum Gasteiger partial charge on any atom is -0.461 e. The fraction of sp³-hybridized carbons (Fsp3) is 0.562. The smallest absolute Gasteiger partial charge is 0.306 e. The number of hydrogen-bond donors (Lipinski definition) is 0. The molecule has 0 N–H and O–H groups in total. The topological polar surface area (TPSA) is 26.3 Å². The molecule has 98 valence electrons. The van der Waals surface area contributed by atoms with Gasteiger partial charge in [0.2, 0.25) is 0 Å². The highest BCUT2D eigenvalue weighted by Crippen LogP contribution is 2.39. The number of benzene rings is 1. The molecule has 1 aromatic carbocycles. The van der Waals surface area contributed by atoms with Crippen molar-refractivity contribution in [1.29, 1.82) is 0 Å². The maximum atomic E-state index is 11.4. The summed E-state index contributed by atoms with van der Waals surface area (Å²) in [6.45, 7) is 4.44. The number of rotatable bonds is 5. The van der Waals surface area contributed by atoms with E-state index >= 15 is 0 Å². The van der Waals surface area contributed by atoms with Crippen LogP contribution in [-0.2, 0) is 14.9 Å². The van der Waals surface area contributed by atoms with Crippen LogP contribution in [0.1, 0.15) is 51.5 Å². The maximum Gasteiger partial charge on any atom is 0.306 e. The minimum atomic E-state index is -0.0429. The molecule has 2 heteroatoms. The third kappa shape index (κ3) is 2.58. The number of ether oxygens (including phenoxy) is 1. The molecule has 0 bridgehead atoms. The van der Waals surface area contributed by atoms with E-state index in [4.69, 9.17) is 4.74 Å². The highest BCUT2D eigenvalue weighted by molar-refractivity contribution is 5.71. The van der Waals surface area contributed by atoms with Gasteiger partial charge in [-0.15, -0.1) is 0 Å². The van der Waals surface area contributed by atoms with E-state index in [-0.39, 0.29) is 17.5 Å². The van der Waals surface area contributed by atoms with Crippen molar-refractivity contribution in [2.24, 2.45) is 0 Å². The van der Waals surface area contributed by atoms with Crippen molar-refractivity contribution < 1.29 is 9.53 Å². The van der Waals surface area contributed by atoms with Crippen LogP contribution in [0, 0.1) is 0 Å². The van der Waals surface area contributed by atoms with E-state index in [0.29, 0.717) is 6.42 Å². The van der Waals surface area contributed by atoms with E-state index in [1.54, 1.807) is 0 Å². The molecule has 0 saturated carbocycles. The Balaban J connectivity index is 2.25. The first-order valence-electron chi connectivity index (χ1n) is 6.92. The number of unbranched alkanes of at least 4 members (excludes halogenated alkanes) is 1. The molecule has 2 nitrogen and oxygen atoms in total. The number of esters is 1. The van der Waals surface area contributed by atoms with Gasteiger partial charge in [-0.25, -0.2) is 0 Å². The van der Waals surface area contributed by atoms with Crippen molar-refractivity contribution in [3.8, 4) is 0 Å². The second kappa shape index (κ2) is 5.55. The SMILES string of the molecule is CCCCC(C)(c1ccccc1)C1CCC(=O)O1. The van der Waals surface area contributed by atoms with Crippen LogP contribution < -0.4 is 0 Å². The summed E-state index contributed by atoms with van der Waals surface area (Å²) in [6.07, 6.45) is 4.88. The molecule has 0 aliphatic carbocycles. The zero-order valence-corrected chi connectivity index (χ0v) is 11.3. The van der Waals surface area contributed by atoms with Gasteiger partial charge < -0.3 is 4.74 Å². The van der Waals surface area contributed by atoms with Crippen molar-refractivity contribution in [3.05, 3.63) is 35.9 Å². The summed E-state index contributed by atoms with van der Waals surface area (Å²) in [5.74, 6) is -0.0429. The Morgan fingerprint density at radius 1 is 1.33 bits per heavy atom. The molecule has 0 spiro atoms. The first-order valence-corrected chi connectivity index (χ1v) is 6.92.